The lowest BCUT2D eigenvalue weighted by Crippen LogP contribution is -2.32. The van der Waals surface area contributed by atoms with Gasteiger partial charge in [-0.25, -0.2) is 4.98 Å². The Morgan fingerprint density at radius 3 is 2.62 bits per heavy atom. The summed E-state index contributed by atoms with van der Waals surface area (Å²) in [4.78, 5) is 32.3. The maximum Gasteiger partial charge on any atom is 0.290 e. The summed E-state index contributed by atoms with van der Waals surface area (Å²) < 4.78 is 13.5. The molecular formula is C31H35N3O5. The minimum atomic E-state index is -0.771. The van der Waals surface area contributed by atoms with Crippen molar-refractivity contribution < 1.29 is 24.2 Å². The number of aliphatic hydroxyl groups excluding tert-OH is 1. The van der Waals surface area contributed by atoms with Crippen molar-refractivity contribution in [2.45, 2.75) is 39.3 Å². The van der Waals surface area contributed by atoms with Gasteiger partial charge in [-0.2, -0.15) is 0 Å². The Balaban J connectivity index is 1.64. The molecule has 3 aromatic rings. The number of methoxy groups -OCH3 is 1. The van der Waals surface area contributed by atoms with Crippen molar-refractivity contribution >= 4 is 17.8 Å². The molecule has 1 aliphatic heterocycles. The van der Waals surface area contributed by atoms with Crippen LogP contribution in [-0.4, -0.2) is 51.5 Å². The van der Waals surface area contributed by atoms with Crippen molar-refractivity contribution in [1.29, 1.82) is 0 Å². The van der Waals surface area contributed by atoms with Crippen LogP contribution >= 0.6 is 0 Å². The van der Waals surface area contributed by atoms with Crippen LogP contribution in [0, 0.1) is 5.92 Å². The minimum absolute atomic E-state index is 0.0466. The van der Waals surface area contributed by atoms with E-state index >= 15 is 0 Å². The summed E-state index contributed by atoms with van der Waals surface area (Å²) in [5.74, 6) is 0.0622. The van der Waals surface area contributed by atoms with Gasteiger partial charge >= 0.3 is 0 Å². The Kier molecular flexibility index (Phi) is 9.20. The number of aryl methyl sites for hydroxylation is 1. The smallest absolute Gasteiger partial charge is 0.290 e. The molecule has 204 valence electrons. The van der Waals surface area contributed by atoms with Gasteiger partial charge in [0, 0.05) is 25.5 Å². The second-order valence-corrected chi connectivity index (χ2v) is 9.87. The van der Waals surface area contributed by atoms with Gasteiger partial charge in [-0.3, -0.25) is 9.59 Å². The van der Waals surface area contributed by atoms with Gasteiger partial charge in [0.15, 0.2) is 23.0 Å². The maximum absolute atomic E-state index is 13.4. The van der Waals surface area contributed by atoms with Crippen LogP contribution in [0.4, 0.5) is 0 Å². The number of aliphatic hydroxyl groups is 1. The molecule has 0 fully saturated rings. The third-order valence-corrected chi connectivity index (χ3v) is 6.63. The van der Waals surface area contributed by atoms with Gasteiger partial charge in [0.25, 0.3) is 5.91 Å². The van der Waals surface area contributed by atoms with Crippen molar-refractivity contribution in [3.05, 3.63) is 95.8 Å². The number of rotatable bonds is 13. The van der Waals surface area contributed by atoms with Gasteiger partial charge in [0.1, 0.15) is 0 Å². The van der Waals surface area contributed by atoms with Crippen LogP contribution in [0.2, 0.25) is 0 Å². The van der Waals surface area contributed by atoms with Crippen molar-refractivity contribution in [2.75, 3.05) is 20.3 Å². The molecule has 0 radical (unpaired) electrons. The summed E-state index contributed by atoms with van der Waals surface area (Å²) in [5.41, 5.74) is 1.54. The highest BCUT2D eigenvalue weighted by Crippen LogP contribution is 2.41. The second-order valence-electron chi connectivity index (χ2n) is 9.87. The number of allylic oxidation sites excluding steroid dienone is 1. The van der Waals surface area contributed by atoms with E-state index < -0.39 is 23.5 Å². The first-order chi connectivity index (χ1) is 18.9. The third-order valence-electron chi connectivity index (χ3n) is 6.63. The summed E-state index contributed by atoms with van der Waals surface area (Å²) in [6.07, 6.45) is 9.85. The van der Waals surface area contributed by atoms with Crippen LogP contribution in [0.25, 0.3) is 6.08 Å². The molecule has 2 heterocycles. The topological polar surface area (TPSA) is 93.9 Å². The van der Waals surface area contributed by atoms with E-state index in [2.05, 4.69) is 18.8 Å². The van der Waals surface area contributed by atoms with Gasteiger partial charge < -0.3 is 24.0 Å². The van der Waals surface area contributed by atoms with E-state index in [4.69, 9.17) is 9.47 Å². The number of aromatic nitrogens is 2. The molecule has 8 heteroatoms. The number of ether oxygens (including phenoxy) is 2. The van der Waals surface area contributed by atoms with Crippen LogP contribution in [-0.2, 0) is 16.1 Å². The van der Waals surface area contributed by atoms with E-state index in [1.165, 1.54) is 6.08 Å². The number of carbonyl (C=O) groups is 2. The standard InChI is InChI=1S/C31H35N3O5/c1-22(2)14-19-39-26-13-11-24(20-27(26)38-3)29-28(25(35)12-10-23-8-5-4-6-9-23)30(36)31(37)34(29)17-7-16-33-18-15-32-21-33/h4-6,8-13,15,18,20-22,29,36H,7,14,16-17,19H2,1-3H3/b12-10+. The van der Waals surface area contributed by atoms with Crippen LogP contribution in [0.1, 0.15) is 43.9 Å². The molecule has 1 aromatic heterocycles. The van der Waals surface area contributed by atoms with Crippen molar-refractivity contribution in [2.24, 2.45) is 5.92 Å². The van der Waals surface area contributed by atoms with Gasteiger partial charge in [-0.15, -0.1) is 0 Å². The molecule has 0 bridgehead atoms. The fourth-order valence-electron chi connectivity index (χ4n) is 4.53. The Bertz CT molecular complexity index is 1330. The lowest BCUT2D eigenvalue weighted by molar-refractivity contribution is -0.129. The Labute approximate surface area is 229 Å². The molecule has 2 aromatic carbocycles. The quantitative estimate of drug-likeness (QED) is 0.299. The van der Waals surface area contributed by atoms with Crippen LogP contribution < -0.4 is 9.47 Å². The van der Waals surface area contributed by atoms with E-state index in [1.807, 2.05) is 47.2 Å². The number of amides is 1. The Hall–Kier alpha value is -4.33. The largest absolute Gasteiger partial charge is 0.503 e. The summed E-state index contributed by atoms with van der Waals surface area (Å²) in [6, 6.07) is 14.0. The molecular weight excluding hydrogens is 494 g/mol. The predicted octanol–water partition coefficient (Wildman–Crippen LogP) is 5.38. The Morgan fingerprint density at radius 2 is 1.92 bits per heavy atom. The fourth-order valence-corrected chi connectivity index (χ4v) is 4.53. The number of carbonyl (C=O) groups excluding carboxylic acids is 2. The SMILES string of the molecule is COc1cc(C2C(C(=O)/C=C/c3ccccc3)=C(O)C(=O)N2CCCn2ccnc2)ccc1OCCC(C)C. The van der Waals surface area contributed by atoms with E-state index in [1.54, 1.807) is 42.7 Å². The molecule has 39 heavy (non-hydrogen) atoms. The number of hydrogen-bond acceptors (Lipinski definition) is 6. The molecule has 1 unspecified atom stereocenters. The average molecular weight is 530 g/mol. The van der Waals surface area contributed by atoms with E-state index in [0.717, 1.165) is 12.0 Å². The lowest BCUT2D eigenvalue weighted by Gasteiger charge is -2.27. The number of nitrogens with zero attached hydrogens (tertiary/aromatic N) is 3. The number of imidazole rings is 1. The average Bonchev–Trinajstić information content (AvgIpc) is 3.54. The first kappa shape index (κ1) is 27.7. The zero-order valence-electron chi connectivity index (χ0n) is 22.6. The second kappa shape index (κ2) is 13.0. The zero-order valence-corrected chi connectivity index (χ0v) is 22.6. The third kappa shape index (κ3) is 6.76. The molecule has 0 spiro atoms. The van der Waals surface area contributed by atoms with Gasteiger partial charge in [-0.05, 0) is 48.1 Å². The molecule has 1 amide bonds. The maximum atomic E-state index is 13.4. The van der Waals surface area contributed by atoms with Gasteiger partial charge in [0.2, 0.25) is 0 Å². The molecule has 0 saturated heterocycles. The van der Waals surface area contributed by atoms with Crippen LogP contribution in [0.5, 0.6) is 11.5 Å². The van der Waals surface area contributed by atoms with Crippen molar-refractivity contribution in [1.82, 2.24) is 14.5 Å². The molecule has 0 saturated carbocycles. The minimum Gasteiger partial charge on any atom is -0.503 e. The van der Waals surface area contributed by atoms with Crippen LogP contribution in [0.3, 0.4) is 0 Å². The van der Waals surface area contributed by atoms with E-state index in [-0.39, 0.29) is 5.57 Å². The number of benzene rings is 2. The highest BCUT2D eigenvalue weighted by atomic mass is 16.5. The summed E-state index contributed by atoms with van der Waals surface area (Å²) in [6.45, 7) is 5.78. The predicted molar refractivity (Wildman–Crippen MR) is 149 cm³/mol. The zero-order chi connectivity index (χ0) is 27.8. The van der Waals surface area contributed by atoms with Crippen LogP contribution in [0.15, 0.2) is 84.7 Å². The molecule has 1 N–H and O–H groups in total. The first-order valence-electron chi connectivity index (χ1n) is 13.2. The lowest BCUT2D eigenvalue weighted by atomic mass is 9.95. The van der Waals surface area contributed by atoms with Crippen molar-refractivity contribution in [3.63, 3.8) is 0 Å². The molecule has 1 aliphatic rings. The monoisotopic (exact) mass is 529 g/mol. The summed E-state index contributed by atoms with van der Waals surface area (Å²) in [7, 11) is 1.55. The van der Waals surface area contributed by atoms with Gasteiger partial charge in [-0.1, -0.05) is 56.3 Å². The number of hydrogen-bond donors (Lipinski definition) is 1. The normalized spacial score (nSPS) is 15.5. The summed E-state index contributed by atoms with van der Waals surface area (Å²) in [5, 5.41) is 10.9. The summed E-state index contributed by atoms with van der Waals surface area (Å²) >= 11 is 0. The first-order valence-corrected chi connectivity index (χ1v) is 13.2. The molecule has 0 aliphatic carbocycles. The molecule has 8 nitrogen and oxygen atoms in total. The molecule has 4 rings (SSSR count). The Morgan fingerprint density at radius 1 is 1.13 bits per heavy atom. The van der Waals surface area contributed by atoms with E-state index in [0.29, 0.717) is 49.1 Å². The van der Waals surface area contributed by atoms with Gasteiger partial charge in [0.05, 0.1) is 31.7 Å². The highest BCUT2D eigenvalue weighted by molar-refractivity contribution is 6.14. The highest BCUT2D eigenvalue weighted by Gasteiger charge is 2.42. The molecule has 1 atom stereocenters. The fraction of sp³-hybridized carbons (Fsp3) is 0.323. The van der Waals surface area contributed by atoms with Crippen molar-refractivity contribution in [3.8, 4) is 11.5 Å². The van der Waals surface area contributed by atoms with E-state index in [9.17, 15) is 14.7 Å². The number of ketones is 1.